The van der Waals surface area contributed by atoms with Gasteiger partial charge in [-0.15, -0.1) is 0 Å². The van der Waals surface area contributed by atoms with E-state index in [-0.39, 0.29) is 0 Å². The summed E-state index contributed by atoms with van der Waals surface area (Å²) in [6.07, 6.45) is 1.85. The summed E-state index contributed by atoms with van der Waals surface area (Å²) in [5, 5.41) is 2.27. The van der Waals surface area contributed by atoms with Crippen molar-refractivity contribution in [3.8, 4) is 17.1 Å². The van der Waals surface area contributed by atoms with Crippen molar-refractivity contribution < 1.29 is 4.42 Å². The summed E-state index contributed by atoms with van der Waals surface area (Å²) in [5.41, 5.74) is 6.70. The maximum atomic E-state index is 6.55. The molecule has 0 fully saturated rings. The molecule has 3 aromatic carbocycles. The number of fused-ring (bicyclic) bond motifs is 4. The molecule has 0 radical (unpaired) electrons. The summed E-state index contributed by atoms with van der Waals surface area (Å²) >= 11 is -1.97. The molecule has 6 aromatic rings. The van der Waals surface area contributed by atoms with E-state index in [4.69, 9.17) is 14.4 Å². The number of furan rings is 1. The van der Waals surface area contributed by atoms with Gasteiger partial charge in [-0.1, -0.05) is 0 Å². The van der Waals surface area contributed by atoms with Crippen LogP contribution in [0.1, 0.15) is 5.56 Å². The molecular weight excluding hydrogens is 467 g/mol. The Kier molecular flexibility index (Phi) is 4.49. The summed E-state index contributed by atoms with van der Waals surface area (Å²) in [6.45, 7) is 2.08. The molecule has 5 heteroatoms. The quantitative estimate of drug-likeness (QED) is 0.254. The van der Waals surface area contributed by atoms with Crippen LogP contribution in [0.3, 0.4) is 0 Å². The molecule has 0 N–H and O–H groups in total. The normalized spacial score (nSPS) is 12.2. The number of para-hydroxylation sites is 2. The van der Waals surface area contributed by atoms with Crippen LogP contribution in [0, 0.1) is 6.92 Å². The molecule has 0 bridgehead atoms. The maximum absolute atomic E-state index is 6.55. The zero-order valence-electron chi connectivity index (χ0n) is 19.3. The van der Waals surface area contributed by atoms with E-state index in [9.17, 15) is 0 Å². The molecule has 0 unspecified atom stereocenters. The van der Waals surface area contributed by atoms with Gasteiger partial charge in [-0.25, -0.2) is 0 Å². The SMILES string of the molecule is Cc1ccnc2c1nc(-c1cccc3c1oc1c[c]([Ge]([CH3])([CH3])[CH3])ccc13)n2-c1ccccc1. The predicted octanol–water partition coefficient (Wildman–Crippen LogP) is 6.84. The van der Waals surface area contributed by atoms with Crippen molar-refractivity contribution in [3.63, 3.8) is 0 Å². The zero-order chi connectivity index (χ0) is 22.7. The van der Waals surface area contributed by atoms with Gasteiger partial charge in [0.05, 0.1) is 0 Å². The van der Waals surface area contributed by atoms with Crippen LogP contribution in [0.15, 0.2) is 83.4 Å². The molecule has 0 spiro atoms. The van der Waals surface area contributed by atoms with Gasteiger partial charge in [0.15, 0.2) is 0 Å². The number of hydrogen-bond acceptors (Lipinski definition) is 3. The molecule has 162 valence electrons. The fraction of sp³-hybridized carbons (Fsp3) is 0.143. The van der Waals surface area contributed by atoms with Crippen molar-refractivity contribution >= 4 is 50.8 Å². The molecule has 3 heterocycles. The van der Waals surface area contributed by atoms with E-state index in [0.29, 0.717) is 0 Å². The first-order chi connectivity index (χ1) is 15.9. The van der Waals surface area contributed by atoms with E-state index in [1.165, 1.54) is 4.40 Å². The Bertz CT molecular complexity index is 1660. The van der Waals surface area contributed by atoms with Gasteiger partial charge in [0, 0.05) is 0 Å². The van der Waals surface area contributed by atoms with Crippen LogP contribution >= 0.6 is 0 Å². The minimum atomic E-state index is -1.97. The molecule has 0 aliphatic rings. The molecule has 6 rings (SSSR count). The van der Waals surface area contributed by atoms with Gasteiger partial charge in [-0.2, -0.15) is 0 Å². The second kappa shape index (κ2) is 7.32. The van der Waals surface area contributed by atoms with E-state index in [2.05, 4.69) is 77.3 Å². The van der Waals surface area contributed by atoms with Crippen LogP contribution in [0.5, 0.6) is 0 Å². The van der Waals surface area contributed by atoms with Gasteiger partial charge in [0.2, 0.25) is 0 Å². The number of benzene rings is 3. The predicted molar refractivity (Wildman–Crippen MR) is 139 cm³/mol. The second-order valence-electron chi connectivity index (χ2n) is 9.65. The minimum absolute atomic E-state index is 0.844. The summed E-state index contributed by atoms with van der Waals surface area (Å²) in [6, 6.07) is 25.4. The number of pyridine rings is 1. The molecule has 0 saturated heterocycles. The average Bonchev–Trinajstić information content (AvgIpc) is 3.38. The van der Waals surface area contributed by atoms with Crippen molar-refractivity contribution in [2.24, 2.45) is 0 Å². The van der Waals surface area contributed by atoms with Crippen molar-refractivity contribution in [1.29, 1.82) is 0 Å². The number of imidazole rings is 1. The van der Waals surface area contributed by atoms with Crippen molar-refractivity contribution in [1.82, 2.24) is 14.5 Å². The number of rotatable bonds is 3. The van der Waals surface area contributed by atoms with E-state index >= 15 is 0 Å². The van der Waals surface area contributed by atoms with E-state index in [1.807, 2.05) is 30.5 Å². The molecule has 0 saturated carbocycles. The van der Waals surface area contributed by atoms with Crippen LogP contribution in [0.2, 0.25) is 17.3 Å². The Balaban J connectivity index is 1.69. The van der Waals surface area contributed by atoms with Crippen LogP contribution in [0.25, 0.3) is 50.2 Å². The van der Waals surface area contributed by atoms with Crippen LogP contribution < -0.4 is 4.40 Å². The molecule has 33 heavy (non-hydrogen) atoms. The fourth-order valence-electron chi connectivity index (χ4n) is 4.54. The number of nitrogens with zero attached hydrogens (tertiary/aromatic N) is 3. The van der Waals surface area contributed by atoms with Crippen LogP contribution in [-0.4, -0.2) is 27.8 Å². The standard InChI is InChI=1S/C28H25GeN3O/c1-18-15-16-30-28-25(18)31-27(32(28)20-9-6-5-7-10-20)23-12-8-11-22-21-14-13-19(29(2,3)4)17-24(21)33-26(22)23/h5-17H,1-4H3. The monoisotopic (exact) mass is 493 g/mol. The van der Waals surface area contributed by atoms with Crippen LogP contribution in [-0.2, 0) is 0 Å². The Hall–Kier alpha value is -3.38. The Morgan fingerprint density at radius 2 is 1.67 bits per heavy atom. The van der Waals surface area contributed by atoms with Crippen LogP contribution in [0.4, 0.5) is 0 Å². The van der Waals surface area contributed by atoms with Gasteiger partial charge in [-0.05, 0) is 0 Å². The average molecular weight is 492 g/mol. The molecule has 0 aliphatic heterocycles. The first kappa shape index (κ1) is 20.2. The summed E-state index contributed by atoms with van der Waals surface area (Å²) in [5.74, 6) is 8.07. The number of aryl methyl sites for hydroxylation is 1. The molecule has 4 nitrogen and oxygen atoms in total. The third-order valence-corrected chi connectivity index (χ3v) is 10.7. The summed E-state index contributed by atoms with van der Waals surface area (Å²) < 4.78 is 10.1. The number of hydrogen-bond donors (Lipinski definition) is 0. The molecule has 0 amide bonds. The van der Waals surface area contributed by atoms with Crippen molar-refractivity contribution in [2.45, 2.75) is 24.2 Å². The molecular formula is C28H25GeN3O. The third-order valence-electron chi connectivity index (χ3n) is 6.37. The Morgan fingerprint density at radius 3 is 2.45 bits per heavy atom. The van der Waals surface area contributed by atoms with E-state index in [1.54, 1.807) is 0 Å². The first-order valence-electron chi connectivity index (χ1n) is 11.3. The summed E-state index contributed by atoms with van der Waals surface area (Å²) in [7, 11) is 0. The van der Waals surface area contributed by atoms with Gasteiger partial charge in [0.1, 0.15) is 0 Å². The Morgan fingerprint density at radius 1 is 0.848 bits per heavy atom. The van der Waals surface area contributed by atoms with E-state index in [0.717, 1.165) is 55.7 Å². The number of aromatic nitrogens is 3. The zero-order valence-corrected chi connectivity index (χ0v) is 21.4. The van der Waals surface area contributed by atoms with Gasteiger partial charge < -0.3 is 0 Å². The van der Waals surface area contributed by atoms with Crippen molar-refractivity contribution in [2.75, 3.05) is 0 Å². The topological polar surface area (TPSA) is 43.9 Å². The molecule has 3 aromatic heterocycles. The fourth-order valence-corrected chi connectivity index (χ4v) is 6.94. The third kappa shape index (κ3) is 3.20. The van der Waals surface area contributed by atoms with E-state index < -0.39 is 13.3 Å². The summed E-state index contributed by atoms with van der Waals surface area (Å²) in [4.78, 5) is 9.79. The first-order valence-corrected chi connectivity index (χ1v) is 18.6. The van der Waals surface area contributed by atoms with Gasteiger partial charge >= 0.3 is 196 Å². The molecule has 0 atom stereocenters. The Labute approximate surface area is 195 Å². The second-order valence-corrected chi connectivity index (χ2v) is 20.3. The molecule has 0 aliphatic carbocycles. The van der Waals surface area contributed by atoms with Crippen molar-refractivity contribution in [3.05, 3.63) is 84.6 Å². The van der Waals surface area contributed by atoms with Gasteiger partial charge in [-0.3, -0.25) is 0 Å². The van der Waals surface area contributed by atoms with Gasteiger partial charge in [0.25, 0.3) is 0 Å².